The second-order valence-electron chi connectivity index (χ2n) is 9.78. The number of nitrogens with two attached hydrogens (primary N) is 1. The van der Waals surface area contributed by atoms with Crippen molar-refractivity contribution in [3.63, 3.8) is 0 Å². The van der Waals surface area contributed by atoms with E-state index < -0.39 is 17.2 Å². The summed E-state index contributed by atoms with van der Waals surface area (Å²) in [6.45, 7) is 2.91. The van der Waals surface area contributed by atoms with Gasteiger partial charge >= 0.3 is 0 Å². The van der Waals surface area contributed by atoms with Gasteiger partial charge in [-0.25, -0.2) is 0 Å². The Hall–Kier alpha value is -1.36. The van der Waals surface area contributed by atoms with Gasteiger partial charge in [0.1, 0.15) is 6.04 Å². The van der Waals surface area contributed by atoms with Crippen molar-refractivity contribution in [1.82, 2.24) is 13.9 Å². The van der Waals surface area contributed by atoms with Gasteiger partial charge in [0.25, 0.3) is 0 Å². The normalized spacial score (nSPS) is 31.8. The third-order valence-electron chi connectivity index (χ3n) is 7.97. The fourth-order valence-electron chi connectivity index (χ4n) is 6.22. The standard InChI is InChI=1S/C23H36N4O4S/c1-25(32(29)30)27(2,19-8-5-7-18(15-19)16-22(24)28)21-9-11-23(10-6-14-31-23)17-20(21)26-12-3-4-13-26/h5,7-8,15,20-21H,3-4,6,9-14,16-17H2,1-2H3,(H2-,24,28,29,30)/t20-,21?,23+,27?/m0/s1. The molecule has 4 rings (SSSR count). The first-order valence-corrected chi connectivity index (χ1v) is 12.7. The third-order valence-corrected chi connectivity index (χ3v) is 8.74. The second-order valence-corrected chi connectivity index (χ2v) is 10.7. The molecule has 2 heterocycles. The number of carbonyl (C=O) groups excluding carboxylic acids is 1. The average Bonchev–Trinajstić information content (AvgIpc) is 3.45. The van der Waals surface area contributed by atoms with Crippen molar-refractivity contribution in [2.75, 3.05) is 33.8 Å². The molecule has 0 bridgehead atoms. The summed E-state index contributed by atoms with van der Waals surface area (Å²) in [4.78, 5) is 14.1. The molecule has 5 atom stereocenters. The minimum Gasteiger partial charge on any atom is -0.756 e. The summed E-state index contributed by atoms with van der Waals surface area (Å²) in [7, 11) is 3.63. The molecular formula is C23H36N4O4S. The SMILES string of the molecule is CN(S(=O)[O-])[N+](C)(c1cccc(CC(N)=O)c1)C1CC[C@]2(CCCO2)C[C@@H]1N1CCCC1. The van der Waals surface area contributed by atoms with Crippen LogP contribution in [0.4, 0.5) is 5.69 Å². The molecule has 8 nitrogen and oxygen atoms in total. The quantitative estimate of drug-likeness (QED) is 0.377. The Balaban J connectivity index is 1.75. The van der Waals surface area contributed by atoms with Crippen molar-refractivity contribution in [2.45, 2.75) is 69.1 Å². The number of ether oxygens (including phenoxy) is 1. The molecule has 3 aliphatic rings. The van der Waals surface area contributed by atoms with Crippen molar-refractivity contribution in [3.8, 4) is 0 Å². The fourth-order valence-corrected chi connectivity index (χ4v) is 6.71. The summed E-state index contributed by atoms with van der Waals surface area (Å²) in [5, 5.41) is 0. The van der Waals surface area contributed by atoms with E-state index in [9.17, 15) is 13.6 Å². The van der Waals surface area contributed by atoms with Crippen LogP contribution < -0.4 is 10.3 Å². The van der Waals surface area contributed by atoms with E-state index in [0.29, 0.717) is 0 Å². The number of quaternary nitrogens is 1. The predicted molar refractivity (Wildman–Crippen MR) is 124 cm³/mol. The Labute approximate surface area is 193 Å². The Kier molecular flexibility index (Phi) is 7.05. The first kappa shape index (κ1) is 23.8. The van der Waals surface area contributed by atoms with Crippen LogP contribution in [0.2, 0.25) is 0 Å². The van der Waals surface area contributed by atoms with Gasteiger partial charge in [-0.3, -0.25) is 13.9 Å². The minimum atomic E-state index is -2.41. The van der Waals surface area contributed by atoms with Crippen molar-refractivity contribution in [3.05, 3.63) is 29.8 Å². The smallest absolute Gasteiger partial charge is 0.221 e. The van der Waals surface area contributed by atoms with E-state index in [4.69, 9.17) is 10.5 Å². The van der Waals surface area contributed by atoms with E-state index in [1.54, 1.807) is 7.05 Å². The van der Waals surface area contributed by atoms with Gasteiger partial charge in [0.15, 0.2) is 5.69 Å². The van der Waals surface area contributed by atoms with Crippen molar-refractivity contribution >= 4 is 22.9 Å². The lowest BCUT2D eigenvalue weighted by Crippen LogP contribution is -2.71. The lowest BCUT2D eigenvalue weighted by atomic mass is 9.75. The van der Waals surface area contributed by atoms with E-state index >= 15 is 0 Å². The van der Waals surface area contributed by atoms with Crippen LogP contribution in [0.3, 0.4) is 0 Å². The van der Waals surface area contributed by atoms with Crippen LogP contribution in [-0.2, 0) is 27.2 Å². The minimum absolute atomic E-state index is 0.0506. The molecule has 32 heavy (non-hydrogen) atoms. The number of benzene rings is 1. The molecule has 1 aromatic rings. The van der Waals surface area contributed by atoms with Crippen LogP contribution in [0.5, 0.6) is 0 Å². The lowest BCUT2D eigenvalue weighted by molar-refractivity contribution is -0.117. The highest BCUT2D eigenvalue weighted by Crippen LogP contribution is 2.46. The number of hydrogen-bond donors (Lipinski definition) is 1. The van der Waals surface area contributed by atoms with Crippen molar-refractivity contribution < 1.29 is 18.3 Å². The number of likely N-dealkylation sites (tertiary alicyclic amines) is 1. The molecule has 178 valence electrons. The van der Waals surface area contributed by atoms with Crippen LogP contribution >= 0.6 is 0 Å². The number of likely N-dealkylation sites (N-methyl/N-ethyl adjacent to an activating group) is 1. The molecule has 3 unspecified atom stereocenters. The van der Waals surface area contributed by atoms with Gasteiger partial charge in [-0.2, -0.15) is 4.59 Å². The molecule has 3 fully saturated rings. The number of primary amides is 1. The molecule has 1 aliphatic carbocycles. The molecule has 1 amide bonds. The predicted octanol–water partition coefficient (Wildman–Crippen LogP) is 1.86. The summed E-state index contributed by atoms with van der Waals surface area (Å²) in [6, 6.07) is 7.93. The van der Waals surface area contributed by atoms with Gasteiger partial charge in [-0.1, -0.05) is 16.5 Å². The second kappa shape index (κ2) is 9.48. The maximum atomic E-state index is 12.3. The summed E-state index contributed by atoms with van der Waals surface area (Å²) in [6.07, 6.45) is 7.43. The summed E-state index contributed by atoms with van der Waals surface area (Å²) < 4.78 is 32.4. The first-order chi connectivity index (χ1) is 15.2. The third kappa shape index (κ3) is 4.51. The average molecular weight is 465 g/mol. The molecule has 1 spiro atoms. The van der Waals surface area contributed by atoms with Gasteiger partial charge < -0.3 is 15.0 Å². The zero-order valence-corrected chi connectivity index (χ0v) is 20.0. The summed E-state index contributed by atoms with van der Waals surface area (Å²) in [5.41, 5.74) is 7.01. The molecule has 0 aromatic heterocycles. The van der Waals surface area contributed by atoms with E-state index in [1.165, 1.54) is 17.3 Å². The zero-order valence-electron chi connectivity index (χ0n) is 19.2. The number of amides is 1. The van der Waals surface area contributed by atoms with Crippen LogP contribution in [0.1, 0.15) is 50.5 Å². The maximum absolute atomic E-state index is 12.3. The van der Waals surface area contributed by atoms with Crippen LogP contribution in [0.15, 0.2) is 24.3 Å². The van der Waals surface area contributed by atoms with Crippen LogP contribution in [0, 0.1) is 0 Å². The maximum Gasteiger partial charge on any atom is 0.221 e. The Morgan fingerprint density at radius 1 is 1.34 bits per heavy atom. The van der Waals surface area contributed by atoms with Gasteiger partial charge in [0, 0.05) is 25.2 Å². The van der Waals surface area contributed by atoms with Gasteiger partial charge in [0.05, 0.1) is 43.4 Å². The lowest BCUT2D eigenvalue weighted by Gasteiger charge is -2.54. The first-order valence-electron chi connectivity index (χ1n) is 11.7. The number of rotatable bonds is 7. The summed E-state index contributed by atoms with van der Waals surface area (Å²) >= 11 is -2.41. The fraction of sp³-hybridized carbons (Fsp3) is 0.696. The van der Waals surface area contributed by atoms with Crippen LogP contribution in [-0.4, -0.2) is 75.5 Å². The Morgan fingerprint density at radius 2 is 2.09 bits per heavy atom. The monoisotopic (exact) mass is 464 g/mol. The zero-order chi connectivity index (χ0) is 22.9. The van der Waals surface area contributed by atoms with Gasteiger partial charge in [-0.05, 0) is 57.2 Å². The number of hydrogen-bond acceptors (Lipinski definition) is 5. The van der Waals surface area contributed by atoms with E-state index in [0.717, 1.165) is 63.1 Å². The van der Waals surface area contributed by atoms with Crippen molar-refractivity contribution in [2.24, 2.45) is 5.73 Å². The molecule has 1 saturated carbocycles. The largest absolute Gasteiger partial charge is 0.756 e. The van der Waals surface area contributed by atoms with E-state index in [2.05, 4.69) is 4.90 Å². The van der Waals surface area contributed by atoms with Crippen molar-refractivity contribution in [1.29, 1.82) is 0 Å². The van der Waals surface area contributed by atoms with Gasteiger partial charge in [0.2, 0.25) is 5.91 Å². The van der Waals surface area contributed by atoms with Gasteiger partial charge in [-0.15, -0.1) is 0 Å². The Bertz CT molecular complexity index is 856. The Morgan fingerprint density at radius 3 is 2.72 bits per heavy atom. The molecule has 1 aromatic carbocycles. The molecule has 0 radical (unpaired) electrons. The molecular weight excluding hydrogens is 428 g/mol. The molecule has 2 saturated heterocycles. The summed E-state index contributed by atoms with van der Waals surface area (Å²) in [5.74, 6) is -0.398. The number of carbonyl (C=O) groups is 1. The topological polar surface area (TPSA) is 98.9 Å². The van der Waals surface area contributed by atoms with E-state index in [1.807, 2.05) is 31.3 Å². The molecule has 2 N–H and O–H groups in total. The van der Waals surface area contributed by atoms with E-state index in [-0.39, 0.29) is 28.7 Å². The van der Waals surface area contributed by atoms with Crippen LogP contribution in [0.25, 0.3) is 0 Å². The highest BCUT2D eigenvalue weighted by molar-refractivity contribution is 7.76. The highest BCUT2D eigenvalue weighted by atomic mass is 32.2. The molecule has 2 aliphatic heterocycles. The molecule has 9 heteroatoms. The highest BCUT2D eigenvalue weighted by Gasteiger charge is 2.54. The number of nitrogens with zero attached hydrogens (tertiary/aromatic N) is 3.